The van der Waals surface area contributed by atoms with E-state index in [-0.39, 0.29) is 5.56 Å². The molecule has 7 nitrogen and oxygen atoms in total. The van der Waals surface area contributed by atoms with Crippen LogP contribution >= 0.6 is 0 Å². The van der Waals surface area contributed by atoms with Gasteiger partial charge in [-0.1, -0.05) is 5.16 Å². The summed E-state index contributed by atoms with van der Waals surface area (Å²) in [6, 6.07) is 11.6. The van der Waals surface area contributed by atoms with Gasteiger partial charge in [0.25, 0.3) is 5.91 Å². The molecule has 1 N–H and O–H groups in total. The molecule has 0 unspecified atom stereocenters. The third kappa shape index (κ3) is 5.41. The molecule has 0 aliphatic rings. The summed E-state index contributed by atoms with van der Waals surface area (Å²) in [5.41, 5.74) is 2.33. The maximum atomic E-state index is 12.9. The molecule has 29 heavy (non-hydrogen) atoms. The fourth-order valence-corrected chi connectivity index (χ4v) is 2.50. The second-order valence-corrected chi connectivity index (χ2v) is 6.25. The largest absolute Gasteiger partial charge is 0.489 e. The van der Waals surface area contributed by atoms with Gasteiger partial charge in [0.1, 0.15) is 23.9 Å². The molecular weight excluding hydrogens is 379 g/mol. The summed E-state index contributed by atoms with van der Waals surface area (Å²) in [4.78, 5) is 23.9. The Morgan fingerprint density at radius 2 is 1.76 bits per heavy atom. The number of carbonyl (C=O) groups excluding carboxylic acids is 2. The lowest BCUT2D eigenvalue weighted by Gasteiger charge is -2.08. The minimum absolute atomic E-state index is 0.282. The summed E-state index contributed by atoms with van der Waals surface area (Å²) in [5.74, 6) is -0.313. The lowest BCUT2D eigenvalue weighted by atomic mass is 10.2. The van der Waals surface area contributed by atoms with Gasteiger partial charge in [0, 0.05) is 5.69 Å². The summed E-state index contributed by atoms with van der Waals surface area (Å²) < 4.78 is 28.6. The van der Waals surface area contributed by atoms with Gasteiger partial charge in [-0.3, -0.25) is 4.79 Å². The lowest BCUT2D eigenvalue weighted by molar-refractivity contribution is -0.119. The van der Waals surface area contributed by atoms with Gasteiger partial charge in [-0.05, 0) is 62.4 Å². The molecule has 0 aliphatic heterocycles. The number of amides is 1. The predicted octanol–water partition coefficient (Wildman–Crippen LogP) is 3.81. The standard InChI is InChI=1S/C21H19FN2O5/c1-13-19(14(2)29-24-13)11-27-18-9-3-15(4-10-18)21(26)28-12-20(25)23-17-7-5-16(22)6-8-17/h3-10H,11-12H2,1-2H3,(H,23,25). The van der Waals surface area contributed by atoms with Crippen LogP contribution in [-0.4, -0.2) is 23.6 Å². The molecule has 1 heterocycles. The Labute approximate surface area is 166 Å². The van der Waals surface area contributed by atoms with Gasteiger partial charge in [-0.15, -0.1) is 0 Å². The number of aryl methyl sites for hydroxylation is 2. The first-order valence-corrected chi connectivity index (χ1v) is 8.79. The van der Waals surface area contributed by atoms with Gasteiger partial charge in [-0.2, -0.15) is 0 Å². The van der Waals surface area contributed by atoms with E-state index in [0.717, 1.165) is 11.3 Å². The number of hydrogen-bond donors (Lipinski definition) is 1. The van der Waals surface area contributed by atoms with Crippen LogP contribution in [0.3, 0.4) is 0 Å². The number of benzene rings is 2. The smallest absolute Gasteiger partial charge is 0.338 e. The monoisotopic (exact) mass is 398 g/mol. The number of anilines is 1. The van der Waals surface area contributed by atoms with E-state index in [1.807, 2.05) is 13.8 Å². The molecule has 0 aliphatic carbocycles. The maximum Gasteiger partial charge on any atom is 0.338 e. The first kappa shape index (κ1) is 20.1. The average molecular weight is 398 g/mol. The number of halogens is 1. The zero-order valence-electron chi connectivity index (χ0n) is 15.9. The minimum atomic E-state index is -0.642. The predicted molar refractivity (Wildman–Crippen MR) is 102 cm³/mol. The third-order valence-electron chi connectivity index (χ3n) is 4.12. The first-order valence-electron chi connectivity index (χ1n) is 8.79. The van der Waals surface area contributed by atoms with Crippen molar-refractivity contribution in [2.24, 2.45) is 0 Å². The number of nitrogens with zero attached hydrogens (tertiary/aromatic N) is 1. The second-order valence-electron chi connectivity index (χ2n) is 6.25. The van der Waals surface area contributed by atoms with Crippen molar-refractivity contribution < 1.29 is 28.0 Å². The van der Waals surface area contributed by atoms with Crippen LogP contribution < -0.4 is 10.1 Å². The van der Waals surface area contributed by atoms with Crippen LogP contribution in [0.2, 0.25) is 0 Å². The summed E-state index contributed by atoms with van der Waals surface area (Å²) in [6.45, 7) is 3.49. The Balaban J connectivity index is 1.48. The van der Waals surface area contributed by atoms with Gasteiger partial charge in [-0.25, -0.2) is 9.18 Å². The molecule has 0 saturated carbocycles. The molecule has 1 aromatic heterocycles. The van der Waals surface area contributed by atoms with Gasteiger partial charge in [0.05, 0.1) is 16.8 Å². The summed E-state index contributed by atoms with van der Waals surface area (Å²) in [6.07, 6.45) is 0. The van der Waals surface area contributed by atoms with Crippen molar-refractivity contribution in [2.45, 2.75) is 20.5 Å². The molecule has 0 radical (unpaired) electrons. The molecule has 1 amide bonds. The highest BCUT2D eigenvalue weighted by atomic mass is 19.1. The minimum Gasteiger partial charge on any atom is -0.489 e. The van der Waals surface area contributed by atoms with E-state index in [4.69, 9.17) is 14.0 Å². The molecule has 3 rings (SSSR count). The van der Waals surface area contributed by atoms with Crippen molar-refractivity contribution in [3.63, 3.8) is 0 Å². The molecule has 0 spiro atoms. The first-order chi connectivity index (χ1) is 13.9. The number of esters is 1. The van der Waals surface area contributed by atoms with Gasteiger partial charge in [0.15, 0.2) is 6.61 Å². The Morgan fingerprint density at radius 3 is 2.38 bits per heavy atom. The van der Waals surface area contributed by atoms with Crippen LogP contribution in [0.4, 0.5) is 10.1 Å². The Hall–Kier alpha value is -3.68. The Kier molecular flexibility index (Phi) is 6.23. The summed E-state index contributed by atoms with van der Waals surface area (Å²) in [7, 11) is 0. The lowest BCUT2D eigenvalue weighted by Crippen LogP contribution is -2.20. The molecule has 0 fully saturated rings. The van der Waals surface area contributed by atoms with Crippen molar-refractivity contribution in [3.8, 4) is 5.75 Å². The van der Waals surface area contributed by atoms with Gasteiger partial charge >= 0.3 is 5.97 Å². The Morgan fingerprint density at radius 1 is 1.07 bits per heavy atom. The van der Waals surface area contributed by atoms with Crippen molar-refractivity contribution >= 4 is 17.6 Å². The number of rotatable bonds is 7. The van der Waals surface area contributed by atoms with Crippen LogP contribution in [0.1, 0.15) is 27.4 Å². The van der Waals surface area contributed by atoms with E-state index in [9.17, 15) is 14.0 Å². The van der Waals surface area contributed by atoms with E-state index in [2.05, 4.69) is 10.5 Å². The molecule has 3 aromatic rings. The van der Waals surface area contributed by atoms with Crippen molar-refractivity contribution in [1.82, 2.24) is 5.16 Å². The van der Waals surface area contributed by atoms with E-state index in [0.29, 0.717) is 23.8 Å². The second kappa shape index (κ2) is 9.01. The van der Waals surface area contributed by atoms with Crippen LogP contribution in [0.25, 0.3) is 0 Å². The maximum absolute atomic E-state index is 12.9. The zero-order chi connectivity index (χ0) is 20.8. The summed E-state index contributed by atoms with van der Waals surface area (Å²) in [5, 5.41) is 6.37. The van der Waals surface area contributed by atoms with Gasteiger partial charge in [0.2, 0.25) is 0 Å². The zero-order valence-corrected chi connectivity index (χ0v) is 15.9. The van der Waals surface area contributed by atoms with E-state index < -0.39 is 24.3 Å². The Bertz CT molecular complexity index is 977. The molecule has 8 heteroatoms. The number of aromatic nitrogens is 1. The average Bonchev–Trinajstić information content (AvgIpc) is 3.04. The van der Waals surface area contributed by atoms with Crippen LogP contribution in [0, 0.1) is 19.7 Å². The number of hydrogen-bond acceptors (Lipinski definition) is 6. The van der Waals surface area contributed by atoms with Crippen LogP contribution in [0.15, 0.2) is 53.1 Å². The summed E-state index contributed by atoms with van der Waals surface area (Å²) >= 11 is 0. The fourth-order valence-electron chi connectivity index (χ4n) is 2.50. The molecule has 150 valence electrons. The molecule has 0 bridgehead atoms. The highest BCUT2D eigenvalue weighted by molar-refractivity contribution is 5.95. The highest BCUT2D eigenvalue weighted by Crippen LogP contribution is 2.18. The van der Waals surface area contributed by atoms with Crippen LogP contribution in [-0.2, 0) is 16.1 Å². The molecular formula is C21H19FN2O5. The van der Waals surface area contributed by atoms with Gasteiger partial charge < -0.3 is 19.3 Å². The topological polar surface area (TPSA) is 90.7 Å². The highest BCUT2D eigenvalue weighted by Gasteiger charge is 2.12. The SMILES string of the molecule is Cc1noc(C)c1COc1ccc(C(=O)OCC(=O)Nc2ccc(F)cc2)cc1. The number of ether oxygens (including phenoxy) is 2. The third-order valence-corrected chi connectivity index (χ3v) is 4.12. The van der Waals surface area contributed by atoms with E-state index in [1.165, 1.54) is 24.3 Å². The van der Waals surface area contributed by atoms with Crippen LogP contribution in [0.5, 0.6) is 5.75 Å². The normalized spacial score (nSPS) is 10.4. The van der Waals surface area contributed by atoms with Crippen molar-refractivity contribution in [2.75, 3.05) is 11.9 Å². The quantitative estimate of drug-likeness (QED) is 0.609. The molecule has 0 atom stereocenters. The number of nitrogens with one attached hydrogen (secondary N) is 1. The van der Waals surface area contributed by atoms with Crippen molar-refractivity contribution in [1.29, 1.82) is 0 Å². The molecule has 2 aromatic carbocycles. The van der Waals surface area contributed by atoms with Crippen molar-refractivity contribution in [3.05, 3.63) is 76.9 Å². The number of carbonyl (C=O) groups is 2. The van der Waals surface area contributed by atoms with E-state index in [1.54, 1.807) is 24.3 Å². The molecule has 0 saturated heterocycles. The fraction of sp³-hybridized carbons (Fsp3) is 0.190. The van der Waals surface area contributed by atoms with E-state index >= 15 is 0 Å².